The van der Waals surface area contributed by atoms with Crippen molar-refractivity contribution in [3.05, 3.63) is 95.3 Å². The van der Waals surface area contributed by atoms with E-state index in [0.29, 0.717) is 34.8 Å². The molecule has 31 heavy (non-hydrogen) atoms. The number of carbonyl (C=O) groups is 2. The molecule has 0 unspecified atom stereocenters. The second-order valence-electron chi connectivity index (χ2n) is 6.54. The maximum absolute atomic E-state index is 12.9. The highest BCUT2D eigenvalue weighted by Gasteiger charge is 2.09. The Morgan fingerprint density at radius 3 is 2.16 bits per heavy atom. The number of amides is 1. The maximum atomic E-state index is 12.9. The lowest BCUT2D eigenvalue weighted by Gasteiger charge is -2.07. The second-order valence-corrected chi connectivity index (χ2v) is 6.54. The summed E-state index contributed by atoms with van der Waals surface area (Å²) in [5.41, 5.74) is 3.77. The summed E-state index contributed by atoms with van der Waals surface area (Å²) in [6.45, 7) is 2.64. The summed E-state index contributed by atoms with van der Waals surface area (Å²) in [6, 6.07) is 18.5. The van der Waals surface area contributed by atoms with E-state index in [9.17, 15) is 14.0 Å². The van der Waals surface area contributed by atoms with Gasteiger partial charge in [0.05, 0.1) is 18.4 Å². The van der Waals surface area contributed by atoms with Gasteiger partial charge in [0.2, 0.25) is 0 Å². The smallest absolute Gasteiger partial charge is 0.343 e. The molecule has 0 saturated heterocycles. The van der Waals surface area contributed by atoms with Crippen molar-refractivity contribution in [1.29, 1.82) is 0 Å². The average Bonchev–Trinajstić information content (AvgIpc) is 2.79. The number of hydrogen-bond donors (Lipinski definition) is 1. The molecule has 0 aliphatic heterocycles. The van der Waals surface area contributed by atoms with Crippen LogP contribution in [0, 0.1) is 5.82 Å². The maximum Gasteiger partial charge on any atom is 0.343 e. The number of ether oxygens (including phenoxy) is 2. The Kier molecular flexibility index (Phi) is 7.48. The van der Waals surface area contributed by atoms with Crippen LogP contribution in [0.25, 0.3) is 0 Å². The third-order valence-corrected chi connectivity index (χ3v) is 4.14. The topological polar surface area (TPSA) is 77.0 Å². The minimum atomic E-state index is -0.477. The minimum Gasteiger partial charge on any atom is -0.494 e. The molecule has 0 heterocycles. The zero-order chi connectivity index (χ0) is 22.1. The number of nitrogens with one attached hydrogen (secondary N) is 1. The largest absolute Gasteiger partial charge is 0.494 e. The fourth-order valence-corrected chi connectivity index (χ4v) is 2.53. The number of carbonyl (C=O) groups excluding carboxylic acids is 2. The van der Waals surface area contributed by atoms with Crippen molar-refractivity contribution in [2.24, 2.45) is 5.10 Å². The molecule has 0 saturated carbocycles. The Labute approximate surface area is 179 Å². The molecule has 1 N–H and O–H groups in total. The van der Waals surface area contributed by atoms with E-state index >= 15 is 0 Å². The van der Waals surface area contributed by atoms with Crippen LogP contribution in [0.2, 0.25) is 0 Å². The molecule has 0 aliphatic rings. The zero-order valence-electron chi connectivity index (χ0n) is 16.9. The summed E-state index contributed by atoms with van der Waals surface area (Å²) in [4.78, 5) is 24.2. The minimum absolute atomic E-state index is 0.297. The van der Waals surface area contributed by atoms with Crippen LogP contribution < -0.4 is 14.9 Å². The van der Waals surface area contributed by atoms with Crippen LogP contribution >= 0.6 is 0 Å². The van der Waals surface area contributed by atoms with Crippen LogP contribution in [-0.4, -0.2) is 24.7 Å². The summed E-state index contributed by atoms with van der Waals surface area (Å²) in [5, 5.41) is 3.87. The first-order valence-corrected chi connectivity index (χ1v) is 9.69. The van der Waals surface area contributed by atoms with Crippen molar-refractivity contribution in [3.8, 4) is 11.5 Å². The van der Waals surface area contributed by atoms with Crippen LogP contribution in [0.5, 0.6) is 11.5 Å². The standard InChI is InChI=1S/C24H21FN2O4/c1-2-15-30-21-13-7-19(8-14-21)24(29)31-22-11-3-17(4-12-22)16-26-27-23(28)18-5-9-20(25)10-6-18/h3-14,16H,2,15H2,1H3,(H,27,28)/b26-16+. The lowest BCUT2D eigenvalue weighted by atomic mass is 10.2. The molecule has 0 radical (unpaired) electrons. The van der Waals surface area contributed by atoms with Gasteiger partial charge >= 0.3 is 5.97 Å². The normalized spacial score (nSPS) is 10.6. The van der Waals surface area contributed by atoms with Gasteiger partial charge in [0.1, 0.15) is 17.3 Å². The van der Waals surface area contributed by atoms with E-state index in [2.05, 4.69) is 10.5 Å². The van der Waals surface area contributed by atoms with Crippen molar-refractivity contribution in [2.45, 2.75) is 13.3 Å². The molecule has 0 fully saturated rings. The predicted molar refractivity (Wildman–Crippen MR) is 115 cm³/mol. The summed E-state index contributed by atoms with van der Waals surface area (Å²) < 4.78 is 23.7. The third-order valence-electron chi connectivity index (χ3n) is 4.14. The molecule has 3 aromatic rings. The number of nitrogens with zero attached hydrogens (tertiary/aromatic N) is 1. The lowest BCUT2D eigenvalue weighted by Crippen LogP contribution is -2.17. The van der Waals surface area contributed by atoms with Gasteiger partial charge in [-0.2, -0.15) is 5.10 Å². The zero-order valence-corrected chi connectivity index (χ0v) is 16.9. The van der Waals surface area contributed by atoms with Gasteiger partial charge in [-0.25, -0.2) is 14.6 Å². The van der Waals surface area contributed by atoms with Gasteiger partial charge in [-0.3, -0.25) is 4.79 Å². The lowest BCUT2D eigenvalue weighted by molar-refractivity contribution is 0.0734. The first-order valence-electron chi connectivity index (χ1n) is 9.69. The Bertz CT molecular complexity index is 1050. The molecule has 1 amide bonds. The summed E-state index contributed by atoms with van der Waals surface area (Å²) in [5.74, 6) is -0.265. The van der Waals surface area contributed by atoms with Crippen LogP contribution in [0.4, 0.5) is 4.39 Å². The molecule has 0 atom stereocenters. The van der Waals surface area contributed by atoms with Gasteiger partial charge in [0.15, 0.2) is 0 Å². The fraction of sp³-hybridized carbons (Fsp3) is 0.125. The quantitative estimate of drug-likeness (QED) is 0.250. The Balaban J connectivity index is 1.52. The molecule has 0 aromatic heterocycles. The van der Waals surface area contributed by atoms with E-state index in [-0.39, 0.29) is 0 Å². The van der Waals surface area contributed by atoms with E-state index < -0.39 is 17.7 Å². The molecule has 158 valence electrons. The van der Waals surface area contributed by atoms with Gasteiger partial charge in [-0.05, 0) is 84.8 Å². The second kappa shape index (κ2) is 10.7. The molecule has 3 aromatic carbocycles. The van der Waals surface area contributed by atoms with Crippen LogP contribution in [0.1, 0.15) is 39.6 Å². The van der Waals surface area contributed by atoms with E-state index in [0.717, 1.165) is 6.42 Å². The van der Waals surface area contributed by atoms with Crippen molar-refractivity contribution >= 4 is 18.1 Å². The fourth-order valence-electron chi connectivity index (χ4n) is 2.53. The summed E-state index contributed by atoms with van der Waals surface area (Å²) in [6.07, 6.45) is 2.35. The Morgan fingerprint density at radius 2 is 1.52 bits per heavy atom. The van der Waals surface area contributed by atoms with Crippen LogP contribution in [0.3, 0.4) is 0 Å². The highest BCUT2D eigenvalue weighted by atomic mass is 19.1. The van der Waals surface area contributed by atoms with E-state index in [1.54, 1.807) is 48.5 Å². The van der Waals surface area contributed by atoms with E-state index in [1.165, 1.54) is 30.5 Å². The van der Waals surface area contributed by atoms with Gasteiger partial charge in [-0.1, -0.05) is 6.92 Å². The molecule has 0 bridgehead atoms. The first kappa shape index (κ1) is 21.7. The monoisotopic (exact) mass is 420 g/mol. The SMILES string of the molecule is CCCOc1ccc(C(=O)Oc2ccc(/C=N/NC(=O)c3ccc(F)cc3)cc2)cc1. The van der Waals surface area contributed by atoms with Gasteiger partial charge < -0.3 is 9.47 Å². The summed E-state index contributed by atoms with van der Waals surface area (Å²) >= 11 is 0. The number of esters is 1. The van der Waals surface area contributed by atoms with E-state index in [4.69, 9.17) is 9.47 Å². The highest BCUT2D eigenvalue weighted by molar-refractivity contribution is 5.95. The van der Waals surface area contributed by atoms with Gasteiger partial charge in [0, 0.05) is 5.56 Å². The van der Waals surface area contributed by atoms with Crippen molar-refractivity contribution in [2.75, 3.05) is 6.61 Å². The molecule has 6 nitrogen and oxygen atoms in total. The molecule has 0 aliphatic carbocycles. The predicted octanol–water partition coefficient (Wildman–Crippen LogP) is 4.60. The molecular formula is C24H21FN2O4. The number of hydrogen-bond acceptors (Lipinski definition) is 5. The van der Waals surface area contributed by atoms with Gasteiger partial charge in [-0.15, -0.1) is 0 Å². The van der Waals surface area contributed by atoms with Crippen LogP contribution in [-0.2, 0) is 0 Å². The van der Waals surface area contributed by atoms with E-state index in [1.807, 2.05) is 6.92 Å². The van der Waals surface area contributed by atoms with Crippen molar-refractivity contribution < 1.29 is 23.5 Å². The Hall–Kier alpha value is -4.00. The van der Waals surface area contributed by atoms with Crippen molar-refractivity contribution in [3.63, 3.8) is 0 Å². The Morgan fingerprint density at radius 1 is 0.903 bits per heavy atom. The molecular weight excluding hydrogens is 399 g/mol. The average molecular weight is 420 g/mol. The van der Waals surface area contributed by atoms with Crippen LogP contribution in [0.15, 0.2) is 77.9 Å². The molecule has 0 spiro atoms. The van der Waals surface area contributed by atoms with Crippen molar-refractivity contribution in [1.82, 2.24) is 5.43 Å². The summed E-state index contributed by atoms with van der Waals surface area (Å²) in [7, 11) is 0. The molecule has 3 rings (SSSR count). The third kappa shape index (κ3) is 6.50. The first-order chi connectivity index (χ1) is 15.0. The number of hydrazone groups is 1. The molecule has 7 heteroatoms. The number of halogens is 1. The highest BCUT2D eigenvalue weighted by Crippen LogP contribution is 2.16. The van der Waals surface area contributed by atoms with Gasteiger partial charge in [0.25, 0.3) is 5.91 Å². The number of benzene rings is 3. The number of rotatable bonds is 8.